The molecule has 32 heavy (non-hydrogen) atoms. The van der Waals surface area contributed by atoms with E-state index < -0.39 is 10.0 Å². The Morgan fingerprint density at radius 3 is 2.38 bits per heavy atom. The number of ketones is 1. The molecule has 0 aromatic heterocycles. The zero-order valence-electron chi connectivity index (χ0n) is 18.1. The third kappa shape index (κ3) is 5.41. The molecule has 2 amide bonds. The van der Waals surface area contributed by atoms with Crippen LogP contribution in [0.25, 0.3) is 0 Å². The Morgan fingerprint density at radius 1 is 1.03 bits per heavy atom. The summed E-state index contributed by atoms with van der Waals surface area (Å²) in [5.41, 5.74) is 1.64. The SMILES string of the molecule is CNC(=O)Cc1ccccc1NC(=O)C1CCN(S(=O)(=O)c2cccc(C(C)=O)c2)CC1. The fraction of sp³-hybridized carbons (Fsp3) is 0.348. The number of nitrogens with zero attached hydrogens (tertiary/aromatic N) is 1. The number of hydrogen-bond donors (Lipinski definition) is 2. The lowest BCUT2D eigenvalue weighted by Gasteiger charge is -2.30. The standard InChI is InChI=1S/C23H27N3O5S/c1-16(27)18-7-5-8-20(14-18)32(30,31)26-12-10-17(11-13-26)23(29)25-21-9-4-3-6-19(21)15-22(28)24-2/h3-9,14,17H,10-13,15H2,1-2H3,(H,24,28)(H,25,29). The van der Waals surface area contributed by atoms with Gasteiger partial charge in [-0.05, 0) is 43.5 Å². The van der Waals surface area contributed by atoms with Crippen molar-refractivity contribution >= 4 is 33.3 Å². The Balaban J connectivity index is 1.65. The Morgan fingerprint density at radius 2 is 1.72 bits per heavy atom. The minimum atomic E-state index is -3.74. The minimum absolute atomic E-state index is 0.0798. The summed E-state index contributed by atoms with van der Waals surface area (Å²) in [4.78, 5) is 36.2. The molecular weight excluding hydrogens is 430 g/mol. The van der Waals surface area contributed by atoms with Crippen molar-refractivity contribution in [2.75, 3.05) is 25.5 Å². The number of likely N-dealkylation sites (N-methyl/N-ethyl adjacent to an activating group) is 1. The van der Waals surface area contributed by atoms with Crippen LogP contribution in [0, 0.1) is 5.92 Å². The Bertz CT molecular complexity index is 1120. The maximum Gasteiger partial charge on any atom is 0.243 e. The van der Waals surface area contributed by atoms with Crippen LogP contribution in [0.5, 0.6) is 0 Å². The summed E-state index contributed by atoms with van der Waals surface area (Å²) >= 11 is 0. The molecule has 0 atom stereocenters. The van der Waals surface area contributed by atoms with Crippen molar-refractivity contribution in [3.05, 3.63) is 59.7 Å². The van der Waals surface area contributed by atoms with E-state index in [9.17, 15) is 22.8 Å². The van der Waals surface area contributed by atoms with Crippen molar-refractivity contribution in [3.63, 3.8) is 0 Å². The topological polar surface area (TPSA) is 113 Å². The van der Waals surface area contributed by atoms with Gasteiger partial charge in [0.15, 0.2) is 5.78 Å². The normalized spacial score (nSPS) is 15.2. The van der Waals surface area contributed by atoms with Crippen LogP contribution in [0.2, 0.25) is 0 Å². The number of benzene rings is 2. The van der Waals surface area contributed by atoms with Gasteiger partial charge in [-0.2, -0.15) is 4.31 Å². The molecule has 0 unspecified atom stereocenters. The van der Waals surface area contributed by atoms with Crippen molar-refractivity contribution in [1.29, 1.82) is 0 Å². The maximum atomic E-state index is 13.0. The van der Waals surface area contributed by atoms with Gasteiger partial charge in [0, 0.05) is 37.3 Å². The van der Waals surface area contributed by atoms with Crippen LogP contribution in [0.1, 0.15) is 35.7 Å². The first-order valence-electron chi connectivity index (χ1n) is 10.4. The average Bonchev–Trinajstić information content (AvgIpc) is 2.80. The lowest BCUT2D eigenvalue weighted by molar-refractivity contribution is -0.121. The van der Waals surface area contributed by atoms with Crippen molar-refractivity contribution in [2.24, 2.45) is 5.92 Å². The van der Waals surface area contributed by atoms with Gasteiger partial charge in [-0.25, -0.2) is 8.42 Å². The molecule has 1 aliphatic rings. The second-order valence-corrected chi connectivity index (χ2v) is 9.70. The van der Waals surface area contributed by atoms with Gasteiger partial charge in [-0.1, -0.05) is 30.3 Å². The Kier molecular flexibility index (Phi) is 7.42. The van der Waals surface area contributed by atoms with Crippen LogP contribution in [-0.4, -0.2) is 50.5 Å². The van der Waals surface area contributed by atoms with E-state index in [1.54, 1.807) is 43.4 Å². The first-order chi connectivity index (χ1) is 15.2. The fourth-order valence-electron chi connectivity index (χ4n) is 3.68. The molecule has 170 valence electrons. The Labute approximate surface area is 188 Å². The van der Waals surface area contributed by atoms with Gasteiger partial charge in [0.2, 0.25) is 21.8 Å². The number of sulfonamides is 1. The molecule has 0 spiro atoms. The fourth-order valence-corrected chi connectivity index (χ4v) is 5.19. The number of Topliss-reactive ketones (excluding diaryl/α,β-unsaturated/α-hetero) is 1. The van der Waals surface area contributed by atoms with E-state index in [0.717, 1.165) is 0 Å². The number of carbonyl (C=O) groups excluding carboxylic acids is 3. The molecule has 1 saturated heterocycles. The third-order valence-electron chi connectivity index (χ3n) is 5.61. The molecule has 2 aromatic carbocycles. The highest BCUT2D eigenvalue weighted by Crippen LogP contribution is 2.26. The van der Waals surface area contributed by atoms with E-state index in [1.165, 1.54) is 23.4 Å². The second-order valence-electron chi connectivity index (χ2n) is 7.76. The monoisotopic (exact) mass is 457 g/mol. The van der Waals surface area contributed by atoms with Crippen LogP contribution < -0.4 is 10.6 Å². The highest BCUT2D eigenvalue weighted by Gasteiger charge is 2.32. The number of piperidine rings is 1. The number of para-hydroxylation sites is 1. The molecule has 8 nitrogen and oxygen atoms in total. The zero-order chi connectivity index (χ0) is 23.3. The van der Waals surface area contributed by atoms with Crippen LogP contribution >= 0.6 is 0 Å². The quantitative estimate of drug-likeness (QED) is 0.619. The van der Waals surface area contributed by atoms with E-state index in [1.807, 2.05) is 0 Å². The van der Waals surface area contributed by atoms with Crippen LogP contribution in [0.4, 0.5) is 5.69 Å². The molecule has 0 aliphatic carbocycles. The largest absolute Gasteiger partial charge is 0.359 e. The molecule has 3 rings (SSSR count). The molecule has 2 aromatic rings. The first kappa shape index (κ1) is 23.6. The molecule has 0 radical (unpaired) electrons. The molecule has 9 heteroatoms. The molecule has 1 aliphatic heterocycles. The lowest BCUT2D eigenvalue weighted by Crippen LogP contribution is -2.41. The molecule has 2 N–H and O–H groups in total. The van der Waals surface area contributed by atoms with Gasteiger partial charge in [0.25, 0.3) is 0 Å². The molecular formula is C23H27N3O5S. The summed E-state index contributed by atoms with van der Waals surface area (Å²) in [6.07, 6.45) is 0.924. The van der Waals surface area contributed by atoms with Crippen molar-refractivity contribution in [1.82, 2.24) is 9.62 Å². The summed E-state index contributed by atoms with van der Waals surface area (Å²) in [5, 5.41) is 5.46. The predicted octanol–water partition coefficient (Wildman–Crippen LogP) is 2.22. The van der Waals surface area contributed by atoms with Gasteiger partial charge in [-0.3, -0.25) is 14.4 Å². The molecule has 1 heterocycles. The molecule has 1 fully saturated rings. The second kappa shape index (κ2) is 10.1. The van der Waals surface area contributed by atoms with Crippen molar-refractivity contribution < 1.29 is 22.8 Å². The number of amides is 2. The van der Waals surface area contributed by atoms with Crippen molar-refractivity contribution in [2.45, 2.75) is 31.1 Å². The van der Waals surface area contributed by atoms with E-state index in [0.29, 0.717) is 29.7 Å². The van der Waals surface area contributed by atoms with E-state index in [-0.39, 0.29) is 47.9 Å². The summed E-state index contributed by atoms with van der Waals surface area (Å²) < 4.78 is 27.3. The molecule has 0 bridgehead atoms. The summed E-state index contributed by atoms with van der Waals surface area (Å²) in [5.74, 6) is -0.878. The number of anilines is 1. The summed E-state index contributed by atoms with van der Waals surface area (Å²) in [6, 6.07) is 13.1. The minimum Gasteiger partial charge on any atom is -0.359 e. The average molecular weight is 458 g/mol. The summed E-state index contributed by atoms with van der Waals surface area (Å²) in [6.45, 7) is 1.82. The summed E-state index contributed by atoms with van der Waals surface area (Å²) in [7, 11) is -2.19. The van der Waals surface area contributed by atoms with Gasteiger partial charge in [0.05, 0.1) is 11.3 Å². The number of hydrogen-bond acceptors (Lipinski definition) is 5. The van der Waals surface area contributed by atoms with Gasteiger partial charge in [0.1, 0.15) is 0 Å². The van der Waals surface area contributed by atoms with Crippen LogP contribution in [-0.2, 0) is 26.0 Å². The maximum absolute atomic E-state index is 13.0. The Hall–Kier alpha value is -3.04. The number of rotatable bonds is 7. The van der Waals surface area contributed by atoms with Gasteiger partial charge in [-0.15, -0.1) is 0 Å². The molecule has 0 saturated carbocycles. The smallest absolute Gasteiger partial charge is 0.243 e. The van der Waals surface area contributed by atoms with Crippen molar-refractivity contribution in [3.8, 4) is 0 Å². The number of carbonyl (C=O) groups is 3. The highest BCUT2D eigenvalue weighted by atomic mass is 32.2. The third-order valence-corrected chi connectivity index (χ3v) is 7.50. The van der Waals surface area contributed by atoms with Gasteiger partial charge >= 0.3 is 0 Å². The van der Waals surface area contributed by atoms with E-state index >= 15 is 0 Å². The van der Waals surface area contributed by atoms with Crippen LogP contribution in [0.15, 0.2) is 53.4 Å². The number of nitrogens with one attached hydrogen (secondary N) is 2. The van der Waals surface area contributed by atoms with Gasteiger partial charge < -0.3 is 10.6 Å². The van der Waals surface area contributed by atoms with E-state index in [2.05, 4.69) is 10.6 Å². The van der Waals surface area contributed by atoms with E-state index in [4.69, 9.17) is 0 Å². The van der Waals surface area contributed by atoms with Crippen LogP contribution in [0.3, 0.4) is 0 Å². The predicted molar refractivity (Wildman–Crippen MR) is 121 cm³/mol. The zero-order valence-corrected chi connectivity index (χ0v) is 18.9. The highest BCUT2D eigenvalue weighted by molar-refractivity contribution is 7.89. The first-order valence-corrected chi connectivity index (χ1v) is 11.9. The lowest BCUT2D eigenvalue weighted by atomic mass is 9.97.